The van der Waals surface area contributed by atoms with Crippen LogP contribution in [-0.2, 0) is 14.4 Å². The molecule has 2 amide bonds. The van der Waals surface area contributed by atoms with Gasteiger partial charge in [0, 0.05) is 25.0 Å². The molecule has 24 heavy (non-hydrogen) atoms. The summed E-state index contributed by atoms with van der Waals surface area (Å²) < 4.78 is 0. The van der Waals surface area contributed by atoms with E-state index in [0.29, 0.717) is 19.5 Å². The summed E-state index contributed by atoms with van der Waals surface area (Å²) in [5.74, 6) is -0.844. The molecular formula is C17H29N3O4. The fourth-order valence-electron chi connectivity index (χ4n) is 3.51. The van der Waals surface area contributed by atoms with E-state index in [9.17, 15) is 14.4 Å². The Kier molecular flexibility index (Phi) is 7.02. The van der Waals surface area contributed by atoms with E-state index in [1.165, 1.54) is 0 Å². The highest BCUT2D eigenvalue weighted by molar-refractivity contribution is 5.85. The molecule has 0 radical (unpaired) electrons. The number of carbonyl (C=O) groups excluding carboxylic acids is 2. The Morgan fingerprint density at radius 1 is 1.25 bits per heavy atom. The van der Waals surface area contributed by atoms with E-state index in [-0.39, 0.29) is 37.0 Å². The van der Waals surface area contributed by atoms with Gasteiger partial charge in [0.05, 0.1) is 13.1 Å². The number of nitrogens with one attached hydrogen (secondary N) is 1. The van der Waals surface area contributed by atoms with Crippen molar-refractivity contribution in [2.24, 2.45) is 0 Å². The molecule has 136 valence electrons. The maximum absolute atomic E-state index is 12.2. The van der Waals surface area contributed by atoms with Crippen LogP contribution in [0.2, 0.25) is 0 Å². The number of hydrogen-bond donors (Lipinski definition) is 2. The van der Waals surface area contributed by atoms with Gasteiger partial charge in [0.1, 0.15) is 0 Å². The summed E-state index contributed by atoms with van der Waals surface area (Å²) in [5.41, 5.74) is 0. The number of likely N-dealkylation sites (tertiary alicyclic amines) is 1. The van der Waals surface area contributed by atoms with E-state index in [4.69, 9.17) is 5.11 Å². The topological polar surface area (TPSA) is 90.0 Å². The average Bonchev–Trinajstić information content (AvgIpc) is 2.48. The Morgan fingerprint density at radius 3 is 2.62 bits per heavy atom. The van der Waals surface area contributed by atoms with Crippen LogP contribution >= 0.6 is 0 Å². The van der Waals surface area contributed by atoms with Crippen molar-refractivity contribution in [2.75, 3.05) is 26.2 Å². The van der Waals surface area contributed by atoms with Crippen LogP contribution < -0.4 is 5.32 Å². The Labute approximate surface area is 143 Å². The van der Waals surface area contributed by atoms with Gasteiger partial charge in [0.15, 0.2) is 0 Å². The summed E-state index contributed by atoms with van der Waals surface area (Å²) in [7, 11) is 0. The first-order chi connectivity index (χ1) is 11.5. The second-order valence-corrected chi connectivity index (χ2v) is 6.83. The lowest BCUT2D eigenvalue weighted by molar-refractivity contribution is -0.140. The highest BCUT2D eigenvalue weighted by Crippen LogP contribution is 2.25. The van der Waals surface area contributed by atoms with Crippen LogP contribution in [0.15, 0.2) is 0 Å². The molecule has 1 saturated heterocycles. The summed E-state index contributed by atoms with van der Waals surface area (Å²) >= 11 is 0. The van der Waals surface area contributed by atoms with Crippen molar-refractivity contribution in [1.82, 2.24) is 15.1 Å². The first-order valence-corrected chi connectivity index (χ1v) is 9.02. The minimum absolute atomic E-state index is 0.0457. The van der Waals surface area contributed by atoms with Crippen molar-refractivity contribution >= 4 is 17.8 Å². The number of carbonyl (C=O) groups is 3. The molecule has 0 unspecified atom stereocenters. The minimum atomic E-state index is -0.820. The van der Waals surface area contributed by atoms with Crippen molar-refractivity contribution in [3.05, 3.63) is 0 Å². The van der Waals surface area contributed by atoms with Crippen LogP contribution in [0.4, 0.5) is 0 Å². The largest absolute Gasteiger partial charge is 0.480 e. The van der Waals surface area contributed by atoms with E-state index in [1.54, 1.807) is 4.90 Å². The average molecular weight is 339 g/mol. The first-order valence-electron chi connectivity index (χ1n) is 9.02. The molecule has 2 aliphatic rings. The number of hydrogen-bond acceptors (Lipinski definition) is 4. The molecule has 1 saturated carbocycles. The van der Waals surface area contributed by atoms with Gasteiger partial charge < -0.3 is 15.3 Å². The van der Waals surface area contributed by atoms with Gasteiger partial charge in [-0.2, -0.15) is 0 Å². The van der Waals surface area contributed by atoms with Gasteiger partial charge in [0.2, 0.25) is 11.8 Å². The SMILES string of the molecule is CCN(CC(=O)O)C1CC(NC(=O)CN2CCCCCCC2=O)C1. The van der Waals surface area contributed by atoms with E-state index < -0.39 is 5.97 Å². The second kappa shape index (κ2) is 9.01. The van der Waals surface area contributed by atoms with E-state index in [0.717, 1.165) is 38.5 Å². The third kappa shape index (κ3) is 5.47. The van der Waals surface area contributed by atoms with Gasteiger partial charge in [-0.25, -0.2) is 0 Å². The van der Waals surface area contributed by atoms with E-state index in [2.05, 4.69) is 5.32 Å². The van der Waals surface area contributed by atoms with Crippen LogP contribution in [0, 0.1) is 0 Å². The van der Waals surface area contributed by atoms with Crippen LogP contribution in [-0.4, -0.2) is 71.0 Å². The van der Waals surface area contributed by atoms with Crippen molar-refractivity contribution in [3.8, 4) is 0 Å². The van der Waals surface area contributed by atoms with Gasteiger partial charge in [0.25, 0.3) is 0 Å². The van der Waals surface area contributed by atoms with E-state index in [1.807, 2.05) is 11.8 Å². The lowest BCUT2D eigenvalue weighted by atomic mass is 9.85. The fourth-order valence-corrected chi connectivity index (χ4v) is 3.51. The van der Waals surface area contributed by atoms with Crippen molar-refractivity contribution in [1.29, 1.82) is 0 Å². The number of rotatable bonds is 7. The monoisotopic (exact) mass is 339 g/mol. The van der Waals surface area contributed by atoms with Crippen molar-refractivity contribution in [3.63, 3.8) is 0 Å². The highest BCUT2D eigenvalue weighted by atomic mass is 16.4. The lowest BCUT2D eigenvalue weighted by Crippen LogP contribution is -2.56. The van der Waals surface area contributed by atoms with Gasteiger partial charge >= 0.3 is 5.97 Å². The Balaban J connectivity index is 1.71. The molecule has 2 fully saturated rings. The minimum Gasteiger partial charge on any atom is -0.480 e. The number of likely N-dealkylation sites (N-methyl/N-ethyl adjacent to an activating group) is 1. The third-order valence-corrected chi connectivity index (χ3v) is 5.00. The molecule has 0 aromatic heterocycles. The van der Waals surface area contributed by atoms with Gasteiger partial charge in [-0.1, -0.05) is 19.8 Å². The maximum Gasteiger partial charge on any atom is 0.317 e. The molecule has 0 aromatic rings. The van der Waals surface area contributed by atoms with Crippen LogP contribution in [0.3, 0.4) is 0 Å². The highest BCUT2D eigenvalue weighted by Gasteiger charge is 2.34. The van der Waals surface area contributed by atoms with Gasteiger partial charge in [-0.15, -0.1) is 0 Å². The Hall–Kier alpha value is -1.63. The normalized spacial score (nSPS) is 24.9. The molecule has 1 aliphatic heterocycles. The number of aliphatic carboxylic acids is 1. The maximum atomic E-state index is 12.2. The number of amides is 2. The summed E-state index contributed by atoms with van der Waals surface area (Å²) in [6.45, 7) is 3.50. The molecule has 0 aromatic carbocycles. The molecular weight excluding hydrogens is 310 g/mol. The molecule has 7 heteroatoms. The molecule has 0 atom stereocenters. The Morgan fingerprint density at radius 2 is 1.96 bits per heavy atom. The van der Waals surface area contributed by atoms with Gasteiger partial charge in [-0.05, 0) is 32.2 Å². The van der Waals surface area contributed by atoms with Crippen molar-refractivity contribution < 1.29 is 19.5 Å². The second-order valence-electron chi connectivity index (χ2n) is 6.83. The predicted molar refractivity (Wildman–Crippen MR) is 89.5 cm³/mol. The quantitative estimate of drug-likeness (QED) is 0.717. The summed E-state index contributed by atoms with van der Waals surface area (Å²) in [6, 6.07) is 0.315. The molecule has 1 heterocycles. The zero-order valence-corrected chi connectivity index (χ0v) is 14.5. The number of carboxylic acids is 1. The predicted octanol–water partition coefficient (Wildman–Crippen LogP) is 0.833. The molecule has 1 aliphatic carbocycles. The van der Waals surface area contributed by atoms with Crippen molar-refractivity contribution in [2.45, 2.75) is 64.0 Å². The molecule has 7 nitrogen and oxygen atoms in total. The number of nitrogens with zero attached hydrogens (tertiary/aromatic N) is 2. The van der Waals surface area contributed by atoms with Crippen LogP contribution in [0.5, 0.6) is 0 Å². The van der Waals surface area contributed by atoms with Crippen LogP contribution in [0.1, 0.15) is 51.9 Å². The van der Waals surface area contributed by atoms with Gasteiger partial charge in [-0.3, -0.25) is 19.3 Å². The first kappa shape index (κ1) is 18.7. The molecule has 0 spiro atoms. The Bertz CT molecular complexity index is 463. The third-order valence-electron chi connectivity index (χ3n) is 5.00. The van der Waals surface area contributed by atoms with Crippen LogP contribution in [0.25, 0.3) is 0 Å². The number of carboxylic acid groups (broad SMARTS) is 1. The molecule has 0 bridgehead atoms. The van der Waals surface area contributed by atoms with E-state index >= 15 is 0 Å². The summed E-state index contributed by atoms with van der Waals surface area (Å²) in [4.78, 5) is 38.6. The lowest BCUT2D eigenvalue weighted by Gasteiger charge is -2.42. The molecule has 2 N–H and O–H groups in total. The standard InChI is InChI=1S/C17H29N3O4/c1-2-19(12-17(23)24)14-9-13(10-14)18-15(21)11-20-8-6-4-3-5-7-16(20)22/h13-14H,2-12H2,1H3,(H,18,21)(H,23,24). The fraction of sp³-hybridized carbons (Fsp3) is 0.824. The zero-order chi connectivity index (χ0) is 17.5. The summed E-state index contributed by atoms with van der Waals surface area (Å²) in [5, 5.41) is 11.9. The smallest absolute Gasteiger partial charge is 0.317 e. The molecule has 2 rings (SSSR count). The zero-order valence-electron chi connectivity index (χ0n) is 14.5. The summed E-state index contributed by atoms with van der Waals surface area (Å²) in [6.07, 6.45) is 6.19.